The average molecular weight is 385 g/mol. The van der Waals surface area contributed by atoms with Gasteiger partial charge < -0.3 is 14.1 Å². The van der Waals surface area contributed by atoms with E-state index in [0.717, 1.165) is 45.0 Å². The first-order valence-corrected chi connectivity index (χ1v) is 9.62. The molecule has 0 radical (unpaired) electrons. The molecule has 0 spiro atoms. The van der Waals surface area contributed by atoms with Crippen LogP contribution in [0.3, 0.4) is 0 Å². The van der Waals surface area contributed by atoms with E-state index in [4.69, 9.17) is 9.15 Å². The topological polar surface area (TPSA) is 59.8 Å². The number of ether oxygens (including phenoxy) is 1. The van der Waals surface area contributed by atoms with Crippen LogP contribution in [0.15, 0.2) is 71.3 Å². The predicted octanol–water partition coefficient (Wildman–Crippen LogP) is 4.26. The van der Waals surface area contributed by atoms with Gasteiger partial charge in [0.15, 0.2) is 6.61 Å². The van der Waals surface area contributed by atoms with Crippen molar-refractivity contribution < 1.29 is 18.7 Å². The number of para-hydroxylation sites is 1. The van der Waals surface area contributed by atoms with Crippen molar-refractivity contribution >= 4 is 39.3 Å². The summed E-state index contributed by atoms with van der Waals surface area (Å²) >= 11 is 0. The Morgan fingerprint density at radius 3 is 2.76 bits per heavy atom. The number of amides is 1. The standard InChI is InChI=1S/C24H19NO4/c26-22(25-12-11-17-6-2-4-8-20(17)25)15-29-23(27)13-18-14-28-21-10-9-16-5-1-3-7-19(16)24(18)21/h1-10,14H,11-13,15H2. The van der Waals surface area contributed by atoms with Gasteiger partial charge in [0.2, 0.25) is 0 Å². The van der Waals surface area contributed by atoms with Gasteiger partial charge in [-0.2, -0.15) is 0 Å². The van der Waals surface area contributed by atoms with Crippen LogP contribution in [0.5, 0.6) is 0 Å². The molecule has 1 aliphatic heterocycles. The van der Waals surface area contributed by atoms with Gasteiger partial charge in [-0.05, 0) is 34.9 Å². The van der Waals surface area contributed by atoms with E-state index in [9.17, 15) is 9.59 Å². The molecular weight excluding hydrogens is 366 g/mol. The number of esters is 1. The molecule has 5 rings (SSSR count). The van der Waals surface area contributed by atoms with E-state index in [1.165, 1.54) is 0 Å². The second-order valence-corrected chi connectivity index (χ2v) is 7.18. The molecule has 0 unspecified atom stereocenters. The van der Waals surface area contributed by atoms with E-state index in [2.05, 4.69) is 0 Å². The Morgan fingerprint density at radius 2 is 1.83 bits per heavy atom. The first-order valence-electron chi connectivity index (χ1n) is 9.62. The molecule has 5 heteroatoms. The molecule has 0 N–H and O–H groups in total. The summed E-state index contributed by atoms with van der Waals surface area (Å²) in [4.78, 5) is 26.6. The summed E-state index contributed by atoms with van der Waals surface area (Å²) in [6, 6.07) is 19.7. The minimum Gasteiger partial charge on any atom is -0.464 e. The third-order valence-corrected chi connectivity index (χ3v) is 5.42. The van der Waals surface area contributed by atoms with Crippen molar-refractivity contribution in [2.45, 2.75) is 12.8 Å². The second kappa shape index (κ2) is 7.09. The van der Waals surface area contributed by atoms with Gasteiger partial charge in [0.1, 0.15) is 5.58 Å². The number of fused-ring (bicyclic) bond motifs is 4. The lowest BCUT2D eigenvalue weighted by Crippen LogP contribution is -2.33. The van der Waals surface area contributed by atoms with E-state index in [-0.39, 0.29) is 18.9 Å². The Bertz CT molecular complexity index is 1240. The number of hydrogen-bond acceptors (Lipinski definition) is 4. The van der Waals surface area contributed by atoms with Gasteiger partial charge in [-0.1, -0.05) is 48.5 Å². The number of anilines is 1. The summed E-state index contributed by atoms with van der Waals surface area (Å²) in [6.45, 7) is 0.359. The molecule has 29 heavy (non-hydrogen) atoms. The summed E-state index contributed by atoms with van der Waals surface area (Å²) < 4.78 is 10.9. The molecule has 5 nitrogen and oxygen atoms in total. The maximum Gasteiger partial charge on any atom is 0.310 e. The quantitative estimate of drug-likeness (QED) is 0.493. The van der Waals surface area contributed by atoms with Crippen molar-refractivity contribution in [3.05, 3.63) is 78.1 Å². The Hall–Kier alpha value is -3.60. The maximum absolute atomic E-state index is 12.5. The van der Waals surface area contributed by atoms with E-state index < -0.39 is 5.97 Å². The van der Waals surface area contributed by atoms with Crippen LogP contribution in [0.4, 0.5) is 5.69 Å². The highest BCUT2D eigenvalue weighted by Crippen LogP contribution is 2.30. The third-order valence-electron chi connectivity index (χ3n) is 5.42. The highest BCUT2D eigenvalue weighted by Gasteiger charge is 2.25. The molecule has 2 heterocycles. The zero-order valence-electron chi connectivity index (χ0n) is 15.8. The molecular formula is C24H19NO4. The van der Waals surface area contributed by atoms with Crippen LogP contribution in [0, 0.1) is 0 Å². The van der Waals surface area contributed by atoms with Crippen LogP contribution in [0.2, 0.25) is 0 Å². The SMILES string of the molecule is O=C(Cc1coc2ccc3ccccc3c12)OCC(=O)N1CCc2ccccc21. The molecule has 0 aliphatic carbocycles. The number of hydrogen-bond donors (Lipinski definition) is 0. The van der Waals surface area contributed by atoms with Crippen molar-refractivity contribution in [3.8, 4) is 0 Å². The van der Waals surface area contributed by atoms with E-state index in [1.54, 1.807) is 11.2 Å². The van der Waals surface area contributed by atoms with Gasteiger partial charge >= 0.3 is 5.97 Å². The first kappa shape index (κ1) is 17.5. The molecule has 4 aromatic rings. The molecule has 1 aromatic heterocycles. The number of rotatable bonds is 4. The highest BCUT2D eigenvalue weighted by molar-refractivity contribution is 6.08. The van der Waals surface area contributed by atoms with Crippen LogP contribution in [0.1, 0.15) is 11.1 Å². The molecule has 0 atom stereocenters. The molecule has 0 bridgehead atoms. The lowest BCUT2D eigenvalue weighted by molar-refractivity contribution is -0.147. The van der Waals surface area contributed by atoms with E-state index in [1.807, 2.05) is 60.7 Å². The highest BCUT2D eigenvalue weighted by atomic mass is 16.5. The van der Waals surface area contributed by atoms with Crippen molar-refractivity contribution in [1.82, 2.24) is 0 Å². The molecule has 144 valence electrons. The maximum atomic E-state index is 12.5. The minimum absolute atomic E-state index is 0.0604. The summed E-state index contributed by atoms with van der Waals surface area (Å²) in [5.41, 5.74) is 3.54. The van der Waals surface area contributed by atoms with Crippen LogP contribution in [-0.2, 0) is 27.2 Å². The zero-order chi connectivity index (χ0) is 19.8. The summed E-state index contributed by atoms with van der Waals surface area (Å²) in [5.74, 6) is -0.646. The van der Waals surface area contributed by atoms with Crippen LogP contribution in [-0.4, -0.2) is 25.0 Å². The fourth-order valence-electron chi connectivity index (χ4n) is 4.03. The number of furan rings is 1. The van der Waals surface area contributed by atoms with Crippen LogP contribution >= 0.6 is 0 Å². The summed E-state index contributed by atoms with van der Waals surface area (Å²) in [7, 11) is 0. The van der Waals surface area contributed by atoms with Gasteiger partial charge in [-0.15, -0.1) is 0 Å². The first-order chi connectivity index (χ1) is 14.2. The molecule has 1 amide bonds. The number of benzene rings is 3. The molecule has 0 saturated carbocycles. The molecule has 0 fully saturated rings. The monoisotopic (exact) mass is 385 g/mol. The molecule has 1 aliphatic rings. The second-order valence-electron chi connectivity index (χ2n) is 7.18. The van der Waals surface area contributed by atoms with Gasteiger partial charge in [0.05, 0.1) is 12.7 Å². The minimum atomic E-state index is -0.443. The van der Waals surface area contributed by atoms with Crippen molar-refractivity contribution in [2.75, 3.05) is 18.1 Å². The van der Waals surface area contributed by atoms with Gasteiger partial charge in [-0.25, -0.2) is 0 Å². The Balaban J connectivity index is 1.29. The Kier molecular flexibility index (Phi) is 4.28. The smallest absolute Gasteiger partial charge is 0.310 e. The van der Waals surface area contributed by atoms with E-state index in [0.29, 0.717) is 6.54 Å². The number of carbonyl (C=O) groups excluding carboxylic acids is 2. The molecule has 3 aromatic carbocycles. The lowest BCUT2D eigenvalue weighted by Gasteiger charge is -2.17. The van der Waals surface area contributed by atoms with Crippen LogP contribution < -0.4 is 4.90 Å². The molecule has 0 saturated heterocycles. The van der Waals surface area contributed by atoms with Crippen molar-refractivity contribution in [3.63, 3.8) is 0 Å². The number of nitrogens with zero attached hydrogens (tertiary/aromatic N) is 1. The lowest BCUT2D eigenvalue weighted by atomic mass is 10.0. The van der Waals surface area contributed by atoms with Gasteiger partial charge in [0, 0.05) is 23.2 Å². The fraction of sp³-hybridized carbons (Fsp3) is 0.167. The number of carbonyl (C=O) groups is 2. The third kappa shape index (κ3) is 3.14. The van der Waals surface area contributed by atoms with Crippen molar-refractivity contribution in [1.29, 1.82) is 0 Å². The fourth-order valence-corrected chi connectivity index (χ4v) is 4.03. The van der Waals surface area contributed by atoms with Crippen molar-refractivity contribution in [2.24, 2.45) is 0 Å². The average Bonchev–Trinajstić information content (AvgIpc) is 3.36. The zero-order valence-corrected chi connectivity index (χ0v) is 15.8. The van der Waals surface area contributed by atoms with Crippen LogP contribution in [0.25, 0.3) is 21.7 Å². The summed E-state index contributed by atoms with van der Waals surface area (Å²) in [6.07, 6.45) is 2.48. The summed E-state index contributed by atoms with van der Waals surface area (Å²) in [5, 5.41) is 3.03. The van der Waals surface area contributed by atoms with Gasteiger partial charge in [0.25, 0.3) is 5.91 Å². The van der Waals surface area contributed by atoms with Gasteiger partial charge in [-0.3, -0.25) is 9.59 Å². The van der Waals surface area contributed by atoms with E-state index >= 15 is 0 Å². The predicted molar refractivity (Wildman–Crippen MR) is 111 cm³/mol. The normalized spacial score (nSPS) is 13.0. The Labute approximate surface area is 167 Å². The Morgan fingerprint density at radius 1 is 1.00 bits per heavy atom. The largest absolute Gasteiger partial charge is 0.464 e.